The standard InChI is InChI=1S/C17H14ClF3N2O4/c1-9(26-16(25)10-2-7-13(18)14(22)8-10)15(24)23-11-3-5-12(6-4-11)27-17(19,20)21/h2-9H,22H2,1H3,(H,23,24). The number of carbonyl (C=O) groups is 2. The van der Waals surface area contributed by atoms with E-state index in [0.29, 0.717) is 0 Å². The van der Waals surface area contributed by atoms with Gasteiger partial charge < -0.3 is 20.5 Å². The van der Waals surface area contributed by atoms with Crippen LogP contribution in [0.1, 0.15) is 17.3 Å². The van der Waals surface area contributed by atoms with Crippen LogP contribution in [0.3, 0.4) is 0 Å². The molecule has 0 bridgehead atoms. The molecule has 3 N–H and O–H groups in total. The lowest BCUT2D eigenvalue weighted by Crippen LogP contribution is -2.30. The van der Waals surface area contributed by atoms with Gasteiger partial charge in [0, 0.05) is 5.69 Å². The Morgan fingerprint density at radius 1 is 1.15 bits per heavy atom. The first-order valence-corrected chi connectivity index (χ1v) is 7.85. The molecule has 144 valence electrons. The molecule has 0 spiro atoms. The molecule has 0 saturated heterocycles. The summed E-state index contributed by atoms with van der Waals surface area (Å²) in [4.78, 5) is 24.1. The van der Waals surface area contributed by atoms with Gasteiger partial charge in [-0.2, -0.15) is 0 Å². The van der Waals surface area contributed by atoms with Crippen LogP contribution in [0.25, 0.3) is 0 Å². The van der Waals surface area contributed by atoms with Crippen LogP contribution in [0.15, 0.2) is 42.5 Å². The lowest BCUT2D eigenvalue weighted by atomic mass is 10.2. The third-order valence-corrected chi connectivity index (χ3v) is 3.58. The fraction of sp³-hybridized carbons (Fsp3) is 0.176. The lowest BCUT2D eigenvalue weighted by Gasteiger charge is -2.14. The molecule has 10 heteroatoms. The number of rotatable bonds is 5. The molecule has 0 radical (unpaired) electrons. The maximum Gasteiger partial charge on any atom is 0.573 e. The summed E-state index contributed by atoms with van der Waals surface area (Å²) in [6.07, 6.45) is -5.97. The zero-order valence-electron chi connectivity index (χ0n) is 13.8. The summed E-state index contributed by atoms with van der Waals surface area (Å²) >= 11 is 5.77. The Morgan fingerprint density at radius 3 is 2.33 bits per heavy atom. The first-order valence-electron chi connectivity index (χ1n) is 7.48. The number of nitrogens with one attached hydrogen (secondary N) is 1. The van der Waals surface area contributed by atoms with Gasteiger partial charge in [-0.25, -0.2) is 4.79 Å². The molecule has 0 heterocycles. The fourth-order valence-corrected chi connectivity index (χ4v) is 2.05. The number of hydrogen-bond acceptors (Lipinski definition) is 5. The SMILES string of the molecule is CC(OC(=O)c1ccc(Cl)c(N)c1)C(=O)Nc1ccc(OC(F)(F)F)cc1. The summed E-state index contributed by atoms with van der Waals surface area (Å²) in [7, 11) is 0. The zero-order chi connectivity index (χ0) is 20.2. The topological polar surface area (TPSA) is 90.7 Å². The lowest BCUT2D eigenvalue weighted by molar-refractivity contribution is -0.274. The number of alkyl halides is 3. The average Bonchev–Trinajstić information content (AvgIpc) is 2.57. The Labute approximate surface area is 157 Å². The molecule has 1 amide bonds. The van der Waals surface area contributed by atoms with E-state index in [9.17, 15) is 22.8 Å². The van der Waals surface area contributed by atoms with Crippen LogP contribution >= 0.6 is 11.6 Å². The average molecular weight is 403 g/mol. The molecule has 0 aliphatic heterocycles. The van der Waals surface area contributed by atoms with Crippen molar-refractivity contribution >= 4 is 34.9 Å². The Morgan fingerprint density at radius 2 is 1.78 bits per heavy atom. The van der Waals surface area contributed by atoms with Crippen LogP contribution < -0.4 is 15.8 Å². The van der Waals surface area contributed by atoms with Crippen molar-refractivity contribution in [2.45, 2.75) is 19.4 Å². The van der Waals surface area contributed by atoms with Crippen LogP contribution in [-0.4, -0.2) is 24.3 Å². The van der Waals surface area contributed by atoms with E-state index in [0.717, 1.165) is 12.1 Å². The number of esters is 1. The molecule has 0 fully saturated rings. The highest BCUT2D eigenvalue weighted by Gasteiger charge is 2.31. The van der Waals surface area contributed by atoms with Crippen LogP contribution in [0.2, 0.25) is 5.02 Å². The Bertz CT molecular complexity index is 841. The predicted octanol–water partition coefficient (Wildman–Crippen LogP) is 4.00. The maximum absolute atomic E-state index is 12.1. The summed E-state index contributed by atoms with van der Waals surface area (Å²) in [6, 6.07) is 8.63. The van der Waals surface area contributed by atoms with Gasteiger partial charge in [-0.1, -0.05) is 11.6 Å². The van der Waals surface area contributed by atoms with Gasteiger partial charge >= 0.3 is 12.3 Å². The maximum atomic E-state index is 12.1. The smallest absolute Gasteiger partial charge is 0.449 e. The summed E-state index contributed by atoms with van der Waals surface area (Å²) in [5.74, 6) is -1.88. The van der Waals surface area contributed by atoms with Crippen molar-refractivity contribution in [2.24, 2.45) is 0 Å². The predicted molar refractivity (Wildman–Crippen MR) is 92.5 cm³/mol. The minimum atomic E-state index is -4.81. The van der Waals surface area contributed by atoms with Crippen molar-refractivity contribution < 1.29 is 32.2 Å². The number of nitrogens with two attached hydrogens (primary N) is 1. The number of amides is 1. The highest BCUT2D eigenvalue weighted by atomic mass is 35.5. The van der Waals surface area contributed by atoms with Crippen LogP contribution in [-0.2, 0) is 9.53 Å². The first-order chi connectivity index (χ1) is 12.5. The molecular weight excluding hydrogens is 389 g/mol. The second-order valence-electron chi connectivity index (χ2n) is 5.35. The van der Waals surface area contributed by atoms with Gasteiger partial charge in [-0.15, -0.1) is 13.2 Å². The summed E-state index contributed by atoms with van der Waals surface area (Å²) in [5, 5.41) is 2.68. The van der Waals surface area contributed by atoms with Crippen molar-refractivity contribution in [3.63, 3.8) is 0 Å². The normalized spacial score (nSPS) is 12.2. The summed E-state index contributed by atoms with van der Waals surface area (Å²) < 4.78 is 45.1. The van der Waals surface area contributed by atoms with E-state index in [1.54, 1.807) is 0 Å². The minimum absolute atomic E-state index is 0.116. The zero-order valence-corrected chi connectivity index (χ0v) is 14.6. The van der Waals surface area contributed by atoms with Gasteiger partial charge in [-0.05, 0) is 49.4 Å². The number of hydrogen-bond donors (Lipinski definition) is 2. The van der Waals surface area contributed by atoms with Crippen molar-refractivity contribution in [1.82, 2.24) is 0 Å². The Hall–Kier alpha value is -2.94. The number of anilines is 2. The highest BCUT2D eigenvalue weighted by Crippen LogP contribution is 2.24. The molecular formula is C17H14ClF3N2O4. The van der Waals surface area contributed by atoms with E-state index in [2.05, 4.69) is 10.1 Å². The second kappa shape index (κ2) is 8.17. The van der Waals surface area contributed by atoms with E-state index in [-0.39, 0.29) is 22.0 Å². The molecule has 2 rings (SSSR count). The molecule has 2 aromatic rings. The second-order valence-corrected chi connectivity index (χ2v) is 5.75. The molecule has 6 nitrogen and oxygen atoms in total. The van der Waals surface area contributed by atoms with E-state index >= 15 is 0 Å². The summed E-state index contributed by atoms with van der Waals surface area (Å²) in [5.41, 5.74) is 6.10. The molecule has 1 atom stereocenters. The highest BCUT2D eigenvalue weighted by molar-refractivity contribution is 6.33. The number of nitrogen functional groups attached to an aromatic ring is 1. The van der Waals surface area contributed by atoms with Gasteiger partial charge in [-0.3, -0.25) is 4.79 Å². The minimum Gasteiger partial charge on any atom is -0.449 e. The molecule has 2 aromatic carbocycles. The van der Waals surface area contributed by atoms with Gasteiger partial charge in [0.2, 0.25) is 0 Å². The number of halogens is 4. The number of ether oxygens (including phenoxy) is 2. The van der Waals surface area contributed by atoms with E-state index < -0.39 is 30.1 Å². The fourth-order valence-electron chi connectivity index (χ4n) is 1.94. The van der Waals surface area contributed by atoms with Crippen LogP contribution in [0.4, 0.5) is 24.5 Å². The van der Waals surface area contributed by atoms with Crippen molar-refractivity contribution in [2.75, 3.05) is 11.1 Å². The number of benzene rings is 2. The molecule has 0 aliphatic carbocycles. The van der Waals surface area contributed by atoms with Crippen molar-refractivity contribution in [3.8, 4) is 5.75 Å². The monoisotopic (exact) mass is 402 g/mol. The molecule has 1 unspecified atom stereocenters. The van der Waals surface area contributed by atoms with E-state index in [1.807, 2.05) is 0 Å². The first kappa shape index (κ1) is 20.4. The molecule has 0 saturated carbocycles. The van der Waals surface area contributed by atoms with Crippen LogP contribution in [0.5, 0.6) is 5.75 Å². The van der Waals surface area contributed by atoms with Crippen LogP contribution in [0, 0.1) is 0 Å². The third-order valence-electron chi connectivity index (χ3n) is 3.24. The molecule has 0 aromatic heterocycles. The third kappa shape index (κ3) is 6.07. The molecule has 0 aliphatic rings. The Kier molecular flexibility index (Phi) is 6.17. The van der Waals surface area contributed by atoms with Gasteiger partial charge in [0.15, 0.2) is 6.10 Å². The quantitative estimate of drug-likeness (QED) is 0.582. The van der Waals surface area contributed by atoms with Gasteiger partial charge in [0.25, 0.3) is 5.91 Å². The van der Waals surface area contributed by atoms with E-state index in [4.69, 9.17) is 22.1 Å². The van der Waals surface area contributed by atoms with Crippen molar-refractivity contribution in [3.05, 3.63) is 53.1 Å². The van der Waals surface area contributed by atoms with Crippen molar-refractivity contribution in [1.29, 1.82) is 0 Å². The largest absolute Gasteiger partial charge is 0.573 e. The number of carbonyl (C=O) groups excluding carboxylic acids is 2. The molecule has 27 heavy (non-hydrogen) atoms. The Balaban J connectivity index is 1.94. The van der Waals surface area contributed by atoms with E-state index in [1.165, 1.54) is 37.3 Å². The van der Waals surface area contributed by atoms with Gasteiger partial charge in [0.05, 0.1) is 16.3 Å². The van der Waals surface area contributed by atoms with Gasteiger partial charge in [0.1, 0.15) is 5.75 Å². The summed E-state index contributed by atoms with van der Waals surface area (Å²) in [6.45, 7) is 1.34.